The summed E-state index contributed by atoms with van der Waals surface area (Å²) < 4.78 is 14.2. The fourth-order valence-electron chi connectivity index (χ4n) is 2.53. The molecule has 0 unspecified atom stereocenters. The Morgan fingerprint density at radius 3 is 3.10 bits per heavy atom. The molecule has 0 bridgehead atoms. The van der Waals surface area contributed by atoms with Gasteiger partial charge in [-0.05, 0) is 23.6 Å². The van der Waals surface area contributed by atoms with Gasteiger partial charge in [-0.25, -0.2) is 4.39 Å². The highest BCUT2D eigenvalue weighted by Gasteiger charge is 2.33. The van der Waals surface area contributed by atoms with Crippen LogP contribution in [0.5, 0.6) is 0 Å². The smallest absolute Gasteiger partial charge is 0.168 e. The molecule has 0 aliphatic carbocycles. The fourth-order valence-corrected chi connectivity index (χ4v) is 4.81. The largest absolute Gasteiger partial charge is 0.391 e. The van der Waals surface area contributed by atoms with Gasteiger partial charge in [-0.3, -0.25) is 4.99 Å². The molecule has 1 aromatic carbocycles. The van der Waals surface area contributed by atoms with Crippen molar-refractivity contribution in [2.24, 2.45) is 4.99 Å². The van der Waals surface area contributed by atoms with Gasteiger partial charge >= 0.3 is 0 Å². The van der Waals surface area contributed by atoms with Crippen LogP contribution < -0.4 is 0 Å². The number of thiophene rings is 1. The zero-order valence-electron chi connectivity index (χ0n) is 10.5. The first-order valence-electron chi connectivity index (χ1n) is 6.29. The minimum atomic E-state index is -0.216. The second kappa shape index (κ2) is 4.58. The van der Waals surface area contributed by atoms with Crippen LogP contribution in [0.3, 0.4) is 0 Å². The van der Waals surface area contributed by atoms with Crippen LogP contribution in [0.4, 0.5) is 4.39 Å². The Morgan fingerprint density at radius 1 is 1.35 bits per heavy atom. The Bertz CT molecular complexity index is 766. The summed E-state index contributed by atoms with van der Waals surface area (Å²) in [6.45, 7) is 1.66. The Labute approximate surface area is 123 Å². The Kier molecular flexibility index (Phi) is 2.83. The zero-order chi connectivity index (χ0) is 13.7. The van der Waals surface area contributed by atoms with Gasteiger partial charge in [0.05, 0.1) is 23.7 Å². The lowest BCUT2D eigenvalue weighted by molar-refractivity contribution is 0.339. The van der Waals surface area contributed by atoms with Crippen LogP contribution in [-0.2, 0) is 0 Å². The first-order chi connectivity index (χ1) is 9.76. The van der Waals surface area contributed by atoms with Crippen LogP contribution in [0, 0.1) is 5.82 Å². The monoisotopic (exact) mass is 306 g/mol. The molecule has 0 spiro atoms. The van der Waals surface area contributed by atoms with E-state index in [4.69, 9.17) is 0 Å². The van der Waals surface area contributed by atoms with E-state index in [-0.39, 0.29) is 12.4 Å². The maximum absolute atomic E-state index is 13.3. The van der Waals surface area contributed by atoms with Gasteiger partial charge in [-0.2, -0.15) is 0 Å². The van der Waals surface area contributed by atoms with Crippen LogP contribution in [0.15, 0.2) is 34.2 Å². The number of hydrogen-bond acceptors (Lipinski definition) is 5. The summed E-state index contributed by atoms with van der Waals surface area (Å²) in [6, 6.07) is 6.90. The number of halogens is 1. The van der Waals surface area contributed by atoms with Crippen molar-refractivity contribution in [1.29, 1.82) is 0 Å². The quantitative estimate of drug-likeness (QED) is 0.926. The van der Waals surface area contributed by atoms with E-state index in [0.717, 1.165) is 43.8 Å². The van der Waals surface area contributed by atoms with Crippen molar-refractivity contribution in [3.8, 4) is 0 Å². The van der Waals surface area contributed by atoms with Gasteiger partial charge < -0.3 is 10.0 Å². The molecular weight excluding hydrogens is 295 g/mol. The number of fused-ring (bicyclic) bond motifs is 2. The zero-order valence-corrected chi connectivity index (χ0v) is 12.1. The molecule has 2 aliphatic heterocycles. The second-order valence-electron chi connectivity index (χ2n) is 4.64. The van der Waals surface area contributed by atoms with E-state index in [1.54, 1.807) is 23.5 Å². The summed E-state index contributed by atoms with van der Waals surface area (Å²) in [6.07, 6.45) is 0. The lowest BCUT2D eigenvalue weighted by Gasteiger charge is -2.15. The van der Waals surface area contributed by atoms with Crippen molar-refractivity contribution in [2.75, 3.05) is 19.7 Å². The molecule has 0 saturated carbocycles. The number of aliphatic imine (C=N–C) groups is 1. The van der Waals surface area contributed by atoms with E-state index in [9.17, 15) is 9.50 Å². The molecule has 3 nitrogen and oxygen atoms in total. The summed E-state index contributed by atoms with van der Waals surface area (Å²) in [5.74, 6) is -0.216. The summed E-state index contributed by atoms with van der Waals surface area (Å²) >= 11 is 3.09. The van der Waals surface area contributed by atoms with Crippen LogP contribution in [0.25, 0.3) is 15.8 Å². The minimum absolute atomic E-state index is 0.0120. The number of rotatable bonds is 2. The maximum Gasteiger partial charge on any atom is 0.168 e. The fraction of sp³-hybridized carbons (Fsp3) is 0.214. The normalized spacial score (nSPS) is 18.1. The number of hydrogen-bond donors (Lipinski definition) is 1. The Morgan fingerprint density at radius 2 is 2.25 bits per heavy atom. The standard InChI is InChI=1S/C14H11FN2OS2/c15-9-2-1-8-5-11(19-10(8)6-9)13-12(7-18)20-14-16-3-4-17(13)14/h1-2,5-6,18H,3-4,7H2. The van der Waals surface area contributed by atoms with Gasteiger partial charge in [0, 0.05) is 16.1 Å². The summed E-state index contributed by atoms with van der Waals surface area (Å²) in [4.78, 5) is 8.58. The lowest BCUT2D eigenvalue weighted by atomic mass is 10.2. The topological polar surface area (TPSA) is 35.8 Å². The molecule has 0 amide bonds. The van der Waals surface area contributed by atoms with Gasteiger partial charge in [-0.1, -0.05) is 17.8 Å². The van der Waals surface area contributed by atoms with Crippen LogP contribution in [0.2, 0.25) is 0 Å². The van der Waals surface area contributed by atoms with Crippen molar-refractivity contribution in [2.45, 2.75) is 0 Å². The Hall–Kier alpha value is -1.37. The van der Waals surface area contributed by atoms with Crippen molar-refractivity contribution >= 4 is 44.0 Å². The Balaban J connectivity index is 1.86. The molecule has 102 valence electrons. The molecule has 0 radical (unpaired) electrons. The highest BCUT2D eigenvalue weighted by molar-refractivity contribution is 8.17. The number of aliphatic hydroxyl groups is 1. The average molecular weight is 306 g/mol. The van der Waals surface area contributed by atoms with Gasteiger partial charge in [0.2, 0.25) is 0 Å². The summed E-state index contributed by atoms with van der Waals surface area (Å²) in [5.41, 5.74) is 1.04. The molecular formula is C14H11FN2OS2. The number of aliphatic hydroxyl groups excluding tert-OH is 1. The molecule has 0 atom stereocenters. The molecule has 1 N–H and O–H groups in total. The van der Waals surface area contributed by atoms with E-state index in [2.05, 4.69) is 16.0 Å². The van der Waals surface area contributed by atoms with E-state index in [1.807, 2.05) is 0 Å². The van der Waals surface area contributed by atoms with E-state index >= 15 is 0 Å². The second-order valence-corrected chi connectivity index (χ2v) is 6.79. The van der Waals surface area contributed by atoms with Crippen molar-refractivity contribution in [3.63, 3.8) is 0 Å². The molecule has 2 aliphatic rings. The molecule has 1 aromatic heterocycles. The summed E-state index contributed by atoms with van der Waals surface area (Å²) in [5, 5.41) is 11.6. The molecule has 2 aromatic rings. The van der Waals surface area contributed by atoms with E-state index < -0.39 is 0 Å². The van der Waals surface area contributed by atoms with Crippen LogP contribution >= 0.6 is 23.1 Å². The third-order valence-electron chi connectivity index (χ3n) is 3.41. The average Bonchev–Trinajstić information content (AvgIpc) is 3.09. The summed E-state index contributed by atoms with van der Waals surface area (Å²) in [7, 11) is 0. The third kappa shape index (κ3) is 1.79. The lowest BCUT2D eigenvalue weighted by Crippen LogP contribution is -2.19. The van der Waals surface area contributed by atoms with Gasteiger partial charge in [-0.15, -0.1) is 11.3 Å². The third-order valence-corrected chi connectivity index (χ3v) is 5.61. The van der Waals surface area contributed by atoms with Crippen molar-refractivity contribution < 1.29 is 9.50 Å². The van der Waals surface area contributed by atoms with Gasteiger partial charge in [0.1, 0.15) is 5.82 Å². The molecule has 3 heterocycles. The van der Waals surface area contributed by atoms with Crippen LogP contribution in [0.1, 0.15) is 4.88 Å². The maximum atomic E-state index is 13.3. The molecule has 4 rings (SSSR count). The first kappa shape index (κ1) is 12.4. The van der Waals surface area contributed by atoms with Gasteiger partial charge in [0.25, 0.3) is 0 Å². The molecule has 0 fully saturated rings. The van der Waals surface area contributed by atoms with E-state index in [1.165, 1.54) is 17.8 Å². The van der Waals surface area contributed by atoms with Crippen molar-refractivity contribution in [3.05, 3.63) is 39.9 Å². The van der Waals surface area contributed by atoms with Crippen molar-refractivity contribution in [1.82, 2.24) is 4.90 Å². The predicted octanol–water partition coefficient (Wildman–Crippen LogP) is 3.12. The van der Waals surface area contributed by atoms with Gasteiger partial charge in [0.15, 0.2) is 5.17 Å². The SMILES string of the molecule is OCC1=C(c2cc3ccc(F)cc3s2)N2CCN=C2S1. The molecule has 6 heteroatoms. The predicted molar refractivity (Wildman–Crippen MR) is 82.4 cm³/mol. The van der Waals surface area contributed by atoms with Crippen LogP contribution in [-0.4, -0.2) is 34.9 Å². The number of nitrogens with zero attached hydrogens (tertiary/aromatic N) is 2. The molecule has 20 heavy (non-hydrogen) atoms. The number of benzene rings is 1. The number of amidine groups is 1. The first-order valence-corrected chi connectivity index (χ1v) is 7.93. The highest BCUT2D eigenvalue weighted by Crippen LogP contribution is 2.44. The minimum Gasteiger partial charge on any atom is -0.391 e. The number of thioether (sulfide) groups is 1. The van der Waals surface area contributed by atoms with E-state index in [0.29, 0.717) is 0 Å². The molecule has 0 saturated heterocycles. The highest BCUT2D eigenvalue weighted by atomic mass is 32.2.